The number of fused-ring (bicyclic) bond motifs is 1. The van der Waals surface area contributed by atoms with E-state index in [1.807, 2.05) is 24.3 Å². The molecule has 4 nitrogen and oxygen atoms in total. The summed E-state index contributed by atoms with van der Waals surface area (Å²) in [5, 5.41) is 0.917. The number of rotatable bonds is 6. The first-order valence-electron chi connectivity index (χ1n) is 10.0. The normalized spacial score (nSPS) is 22.6. The molecule has 0 N–H and O–H groups in total. The number of ether oxygens (including phenoxy) is 2. The Labute approximate surface area is 159 Å². The maximum atomic E-state index is 12.7. The van der Waals surface area contributed by atoms with Gasteiger partial charge in [0.2, 0.25) is 0 Å². The second-order valence-corrected chi connectivity index (χ2v) is 7.75. The van der Waals surface area contributed by atoms with E-state index in [0.717, 1.165) is 62.3 Å². The lowest BCUT2D eigenvalue weighted by Crippen LogP contribution is -2.42. The number of hydrogen-bond donors (Lipinski definition) is 0. The van der Waals surface area contributed by atoms with Gasteiger partial charge in [0.1, 0.15) is 11.9 Å². The van der Waals surface area contributed by atoms with Crippen LogP contribution in [0.15, 0.2) is 30.5 Å². The maximum absolute atomic E-state index is 12.7. The number of likely N-dealkylation sites (tertiary alicyclic amines) is 1. The molecule has 2 saturated heterocycles. The zero-order valence-corrected chi connectivity index (χ0v) is 15.7. The Morgan fingerprint density at radius 1 is 1.15 bits per heavy atom. The molecule has 4 rings (SSSR count). The fraction of sp³-hybridized carbons (Fsp3) is 0.619. The van der Waals surface area contributed by atoms with Gasteiger partial charge in [-0.25, -0.2) is 8.78 Å². The Hall–Kier alpha value is -1.66. The maximum Gasteiger partial charge on any atom is 0.256 e. The summed E-state index contributed by atoms with van der Waals surface area (Å²) in [5.41, 5.74) is 0.808. The lowest BCUT2D eigenvalue weighted by molar-refractivity contribution is 0.0262. The molecule has 148 valence electrons. The van der Waals surface area contributed by atoms with Crippen molar-refractivity contribution in [3.8, 4) is 5.75 Å². The van der Waals surface area contributed by atoms with Gasteiger partial charge in [0.05, 0.1) is 18.7 Å². The molecule has 0 spiro atoms. The van der Waals surface area contributed by atoms with Gasteiger partial charge >= 0.3 is 0 Å². The predicted molar refractivity (Wildman–Crippen MR) is 102 cm³/mol. The van der Waals surface area contributed by atoms with Crippen LogP contribution in [0.3, 0.4) is 0 Å². The first-order valence-corrected chi connectivity index (χ1v) is 10.0. The Morgan fingerprint density at radius 2 is 2.00 bits per heavy atom. The standard InChI is InChI=1S/C21H28F2N2O2/c22-21(23)14-25-11-8-18-19(25)4-1-5-20(18)27-17-6-9-24(10-7-17)13-16-3-2-12-26-15-16/h1,4-5,8,11,16-17,21H,2-3,6-7,9-10,12-15H2. The van der Waals surface area contributed by atoms with Crippen LogP contribution in [-0.2, 0) is 11.3 Å². The highest BCUT2D eigenvalue weighted by Gasteiger charge is 2.24. The third-order valence-electron chi connectivity index (χ3n) is 5.71. The largest absolute Gasteiger partial charge is 0.490 e. The van der Waals surface area contributed by atoms with Crippen LogP contribution in [0.25, 0.3) is 10.9 Å². The molecule has 2 aromatic rings. The van der Waals surface area contributed by atoms with Gasteiger partial charge in [-0.1, -0.05) is 6.07 Å². The van der Waals surface area contributed by atoms with Crippen molar-refractivity contribution in [1.82, 2.24) is 9.47 Å². The molecule has 0 bridgehead atoms. The minimum absolute atomic E-state index is 0.188. The first-order chi connectivity index (χ1) is 13.2. The van der Waals surface area contributed by atoms with Crippen LogP contribution in [-0.4, -0.2) is 54.8 Å². The predicted octanol–water partition coefficient (Wildman–Crippen LogP) is 4.18. The Kier molecular flexibility index (Phi) is 5.93. The lowest BCUT2D eigenvalue weighted by atomic mass is 9.99. The van der Waals surface area contributed by atoms with Crippen molar-refractivity contribution in [2.24, 2.45) is 5.92 Å². The summed E-state index contributed by atoms with van der Waals surface area (Å²) in [6.45, 7) is 4.74. The SMILES string of the molecule is FC(F)Cn1ccc2c(OC3CCN(CC4CCCOC4)CC3)cccc21. The van der Waals surface area contributed by atoms with Crippen molar-refractivity contribution < 1.29 is 18.3 Å². The topological polar surface area (TPSA) is 26.6 Å². The van der Waals surface area contributed by atoms with Crippen LogP contribution in [0.1, 0.15) is 25.7 Å². The second-order valence-electron chi connectivity index (χ2n) is 7.75. The van der Waals surface area contributed by atoms with Gasteiger partial charge in [-0.15, -0.1) is 0 Å². The van der Waals surface area contributed by atoms with Gasteiger partial charge in [-0.05, 0) is 49.8 Å². The van der Waals surface area contributed by atoms with Gasteiger partial charge in [-0.3, -0.25) is 0 Å². The van der Waals surface area contributed by atoms with Gasteiger partial charge in [-0.2, -0.15) is 0 Å². The molecule has 27 heavy (non-hydrogen) atoms. The number of alkyl halides is 2. The molecule has 1 atom stereocenters. The highest BCUT2D eigenvalue weighted by molar-refractivity contribution is 5.86. The van der Waals surface area contributed by atoms with Gasteiger partial charge in [0, 0.05) is 37.8 Å². The molecule has 0 amide bonds. The molecule has 2 fully saturated rings. The van der Waals surface area contributed by atoms with Crippen molar-refractivity contribution in [3.63, 3.8) is 0 Å². The van der Waals surface area contributed by atoms with Crippen LogP contribution in [0.5, 0.6) is 5.75 Å². The van der Waals surface area contributed by atoms with E-state index in [0.29, 0.717) is 5.92 Å². The summed E-state index contributed by atoms with van der Waals surface area (Å²) in [6.07, 6.45) is 4.01. The first kappa shape index (κ1) is 18.7. The quantitative estimate of drug-likeness (QED) is 0.755. The Morgan fingerprint density at radius 3 is 2.74 bits per heavy atom. The summed E-state index contributed by atoms with van der Waals surface area (Å²) in [7, 11) is 0. The van der Waals surface area contributed by atoms with E-state index >= 15 is 0 Å². The summed E-state index contributed by atoms with van der Waals surface area (Å²) >= 11 is 0. The number of benzene rings is 1. The van der Waals surface area contributed by atoms with Crippen molar-refractivity contribution >= 4 is 10.9 Å². The van der Waals surface area contributed by atoms with Gasteiger partial charge < -0.3 is 18.9 Å². The third-order valence-corrected chi connectivity index (χ3v) is 5.71. The minimum Gasteiger partial charge on any atom is -0.490 e. The lowest BCUT2D eigenvalue weighted by Gasteiger charge is -2.35. The summed E-state index contributed by atoms with van der Waals surface area (Å²) in [5.74, 6) is 1.47. The second kappa shape index (κ2) is 8.57. The van der Waals surface area contributed by atoms with E-state index in [1.54, 1.807) is 10.8 Å². The number of nitrogens with zero attached hydrogens (tertiary/aromatic N) is 2. The zero-order chi connectivity index (χ0) is 18.6. The van der Waals surface area contributed by atoms with E-state index in [4.69, 9.17) is 9.47 Å². The van der Waals surface area contributed by atoms with Crippen molar-refractivity contribution in [1.29, 1.82) is 0 Å². The van der Waals surface area contributed by atoms with Crippen molar-refractivity contribution in [3.05, 3.63) is 30.5 Å². The minimum atomic E-state index is -2.36. The molecule has 0 radical (unpaired) electrons. The Bertz CT molecular complexity index is 735. The van der Waals surface area contributed by atoms with E-state index in [-0.39, 0.29) is 12.6 Å². The molecular weight excluding hydrogens is 350 g/mol. The third kappa shape index (κ3) is 4.61. The molecule has 0 aliphatic carbocycles. The highest BCUT2D eigenvalue weighted by Crippen LogP contribution is 2.30. The molecule has 6 heteroatoms. The summed E-state index contributed by atoms with van der Waals surface area (Å²) in [6, 6.07) is 7.59. The van der Waals surface area contributed by atoms with E-state index in [1.165, 1.54) is 12.8 Å². The fourth-order valence-electron chi connectivity index (χ4n) is 4.31. The van der Waals surface area contributed by atoms with E-state index < -0.39 is 6.43 Å². The van der Waals surface area contributed by atoms with Gasteiger partial charge in [0.25, 0.3) is 6.43 Å². The van der Waals surface area contributed by atoms with Crippen LogP contribution in [0.4, 0.5) is 8.78 Å². The van der Waals surface area contributed by atoms with E-state index in [2.05, 4.69) is 4.90 Å². The molecule has 2 aliphatic heterocycles. The van der Waals surface area contributed by atoms with Crippen LogP contribution in [0.2, 0.25) is 0 Å². The summed E-state index contributed by atoms with van der Waals surface area (Å²) in [4.78, 5) is 2.53. The van der Waals surface area contributed by atoms with Crippen LogP contribution in [0, 0.1) is 5.92 Å². The van der Waals surface area contributed by atoms with Crippen molar-refractivity contribution in [2.75, 3.05) is 32.8 Å². The zero-order valence-electron chi connectivity index (χ0n) is 15.7. The molecule has 1 aromatic heterocycles. The molecule has 2 aliphatic rings. The van der Waals surface area contributed by atoms with E-state index in [9.17, 15) is 8.78 Å². The van der Waals surface area contributed by atoms with Crippen molar-refractivity contribution in [2.45, 2.75) is 44.8 Å². The van der Waals surface area contributed by atoms with Gasteiger partial charge in [0.15, 0.2) is 0 Å². The van der Waals surface area contributed by atoms with Crippen LogP contribution < -0.4 is 4.74 Å². The monoisotopic (exact) mass is 378 g/mol. The number of aromatic nitrogens is 1. The molecule has 1 aromatic carbocycles. The smallest absolute Gasteiger partial charge is 0.256 e. The number of hydrogen-bond acceptors (Lipinski definition) is 3. The molecular formula is C21H28F2N2O2. The number of halogens is 2. The average Bonchev–Trinajstić information content (AvgIpc) is 3.08. The molecule has 1 unspecified atom stereocenters. The molecule has 3 heterocycles. The van der Waals surface area contributed by atoms with Crippen LogP contribution >= 0.6 is 0 Å². The number of piperidine rings is 1. The Balaban J connectivity index is 1.34. The fourth-order valence-corrected chi connectivity index (χ4v) is 4.31. The average molecular weight is 378 g/mol. The summed E-state index contributed by atoms with van der Waals surface area (Å²) < 4.78 is 38.9. The highest BCUT2D eigenvalue weighted by atomic mass is 19.3. The molecule has 0 saturated carbocycles.